The number of nitrogens with zero attached hydrogens (tertiary/aromatic N) is 1. The van der Waals surface area contributed by atoms with E-state index in [4.69, 9.17) is 15.2 Å². The molecule has 1 amide bonds. The van der Waals surface area contributed by atoms with Crippen LogP contribution in [0.25, 0.3) is 0 Å². The number of hydrogen-bond donors (Lipinski definition) is 3. The molecule has 0 radical (unpaired) electrons. The standard InChI is InChI=1S/C20H33N3O6S/c1-4-18(22-20(25)29-16-9-10-28-13-16)19(24)12-23(11-14(2)3)30(26,27)17-7-5-15(21)6-8-17/h5-8,14,16,18-19,24H,4,9-13,21H2,1-3H3,(H,22,25)/t16-,18-,19+/m0/s1. The van der Waals surface area contributed by atoms with Crippen molar-refractivity contribution in [1.29, 1.82) is 0 Å². The van der Waals surface area contributed by atoms with Gasteiger partial charge in [0, 0.05) is 25.2 Å². The van der Waals surface area contributed by atoms with Gasteiger partial charge in [0.15, 0.2) is 0 Å². The van der Waals surface area contributed by atoms with Crippen LogP contribution in [0, 0.1) is 5.92 Å². The van der Waals surface area contributed by atoms with Crippen molar-refractivity contribution in [3.8, 4) is 0 Å². The third-order valence-corrected chi connectivity index (χ3v) is 6.69. The highest BCUT2D eigenvalue weighted by atomic mass is 32.2. The van der Waals surface area contributed by atoms with Crippen molar-refractivity contribution in [1.82, 2.24) is 9.62 Å². The summed E-state index contributed by atoms with van der Waals surface area (Å²) in [5.74, 6) is 0.0427. The molecule has 1 aromatic carbocycles. The molecular weight excluding hydrogens is 410 g/mol. The zero-order valence-electron chi connectivity index (χ0n) is 17.8. The lowest BCUT2D eigenvalue weighted by atomic mass is 10.1. The van der Waals surface area contributed by atoms with Gasteiger partial charge in [0.05, 0.1) is 30.3 Å². The second kappa shape index (κ2) is 10.9. The van der Waals surface area contributed by atoms with Crippen LogP contribution in [0.5, 0.6) is 0 Å². The predicted molar refractivity (Wildman–Crippen MR) is 113 cm³/mol. The molecule has 3 atom stereocenters. The van der Waals surface area contributed by atoms with Gasteiger partial charge >= 0.3 is 6.09 Å². The van der Waals surface area contributed by atoms with Crippen molar-refractivity contribution in [2.45, 2.75) is 56.8 Å². The van der Waals surface area contributed by atoms with Crippen LogP contribution in [0.3, 0.4) is 0 Å². The van der Waals surface area contributed by atoms with Gasteiger partial charge < -0.3 is 25.6 Å². The first-order chi connectivity index (χ1) is 14.1. The summed E-state index contributed by atoms with van der Waals surface area (Å²) in [5, 5.41) is 13.4. The van der Waals surface area contributed by atoms with Gasteiger partial charge in [-0.05, 0) is 36.6 Å². The highest BCUT2D eigenvalue weighted by Gasteiger charge is 2.31. The minimum Gasteiger partial charge on any atom is -0.444 e. The Balaban J connectivity index is 2.09. The van der Waals surface area contributed by atoms with Gasteiger partial charge in [-0.3, -0.25) is 0 Å². The molecule has 1 fully saturated rings. The van der Waals surface area contributed by atoms with Gasteiger partial charge in [0.1, 0.15) is 6.10 Å². The van der Waals surface area contributed by atoms with Crippen LogP contribution in [0.2, 0.25) is 0 Å². The molecule has 0 aromatic heterocycles. The monoisotopic (exact) mass is 443 g/mol. The van der Waals surface area contributed by atoms with E-state index in [1.165, 1.54) is 28.6 Å². The Labute approximate surface area is 178 Å². The number of nitrogen functional groups attached to an aromatic ring is 1. The van der Waals surface area contributed by atoms with E-state index >= 15 is 0 Å². The van der Waals surface area contributed by atoms with Crippen LogP contribution >= 0.6 is 0 Å². The first kappa shape index (κ1) is 24.4. The number of carbonyl (C=O) groups is 1. The summed E-state index contributed by atoms with van der Waals surface area (Å²) in [6.07, 6.45) is -1.01. The Morgan fingerprint density at radius 1 is 1.33 bits per heavy atom. The highest BCUT2D eigenvalue weighted by molar-refractivity contribution is 7.89. The number of nitrogens with one attached hydrogen (secondary N) is 1. The fourth-order valence-corrected chi connectivity index (χ4v) is 4.84. The first-order valence-corrected chi connectivity index (χ1v) is 11.7. The number of nitrogens with two attached hydrogens (primary N) is 1. The fourth-order valence-electron chi connectivity index (χ4n) is 3.22. The van der Waals surface area contributed by atoms with E-state index in [-0.39, 0.29) is 30.0 Å². The van der Waals surface area contributed by atoms with E-state index in [1.807, 2.05) is 13.8 Å². The minimum absolute atomic E-state index is 0.0427. The maximum absolute atomic E-state index is 13.1. The van der Waals surface area contributed by atoms with E-state index in [2.05, 4.69) is 5.32 Å². The van der Waals surface area contributed by atoms with Crippen molar-refractivity contribution in [3.05, 3.63) is 24.3 Å². The number of hydrogen-bond acceptors (Lipinski definition) is 7. The Morgan fingerprint density at radius 3 is 2.53 bits per heavy atom. The zero-order chi connectivity index (χ0) is 22.3. The van der Waals surface area contributed by atoms with Crippen LogP contribution in [0.4, 0.5) is 10.5 Å². The third kappa shape index (κ3) is 6.83. The molecule has 0 bridgehead atoms. The van der Waals surface area contributed by atoms with E-state index in [0.717, 1.165) is 0 Å². The van der Waals surface area contributed by atoms with Crippen LogP contribution in [0.15, 0.2) is 29.2 Å². The second-order valence-electron chi connectivity index (χ2n) is 7.90. The lowest BCUT2D eigenvalue weighted by Gasteiger charge is -2.30. The number of rotatable bonds is 10. The molecule has 1 heterocycles. The van der Waals surface area contributed by atoms with Crippen molar-refractivity contribution >= 4 is 21.8 Å². The molecule has 1 aliphatic heterocycles. The molecule has 30 heavy (non-hydrogen) atoms. The maximum atomic E-state index is 13.1. The molecule has 10 heteroatoms. The summed E-state index contributed by atoms with van der Waals surface area (Å²) in [7, 11) is -3.84. The van der Waals surface area contributed by atoms with Crippen LogP contribution < -0.4 is 11.1 Å². The second-order valence-corrected chi connectivity index (χ2v) is 9.84. The lowest BCUT2D eigenvalue weighted by Crippen LogP contribution is -2.50. The molecule has 1 saturated heterocycles. The number of amides is 1. The smallest absolute Gasteiger partial charge is 0.407 e. The summed E-state index contributed by atoms with van der Waals surface area (Å²) in [5.41, 5.74) is 6.13. The minimum atomic E-state index is -3.84. The number of anilines is 1. The normalized spacial score (nSPS) is 19.1. The Bertz CT molecular complexity index is 778. The molecule has 170 valence electrons. The van der Waals surface area contributed by atoms with Crippen LogP contribution in [-0.4, -0.2) is 68.5 Å². The van der Waals surface area contributed by atoms with E-state index < -0.39 is 28.3 Å². The zero-order valence-corrected chi connectivity index (χ0v) is 18.6. The fraction of sp³-hybridized carbons (Fsp3) is 0.650. The molecule has 4 N–H and O–H groups in total. The number of aliphatic hydroxyl groups is 1. The quantitative estimate of drug-likeness (QED) is 0.468. The Hall–Kier alpha value is -1.88. The molecule has 0 saturated carbocycles. The average Bonchev–Trinajstić information content (AvgIpc) is 3.18. The number of sulfonamides is 1. The first-order valence-electron chi connectivity index (χ1n) is 10.2. The highest BCUT2D eigenvalue weighted by Crippen LogP contribution is 2.20. The number of benzene rings is 1. The van der Waals surface area contributed by atoms with E-state index in [9.17, 15) is 18.3 Å². The van der Waals surface area contributed by atoms with Gasteiger partial charge in [-0.2, -0.15) is 4.31 Å². The van der Waals surface area contributed by atoms with Gasteiger partial charge in [0.25, 0.3) is 0 Å². The molecular formula is C20H33N3O6S. The van der Waals surface area contributed by atoms with Gasteiger partial charge in [0.2, 0.25) is 10.0 Å². The number of ether oxygens (including phenoxy) is 2. The van der Waals surface area contributed by atoms with Gasteiger partial charge in [-0.25, -0.2) is 13.2 Å². The number of alkyl carbamates (subject to hydrolysis) is 1. The van der Waals surface area contributed by atoms with Crippen molar-refractivity contribution in [2.24, 2.45) is 5.92 Å². The Kier molecular flexibility index (Phi) is 8.90. The largest absolute Gasteiger partial charge is 0.444 e. The van der Waals surface area contributed by atoms with Gasteiger partial charge in [-0.15, -0.1) is 0 Å². The maximum Gasteiger partial charge on any atom is 0.407 e. The molecule has 2 rings (SSSR count). The summed E-state index contributed by atoms with van der Waals surface area (Å²) in [4.78, 5) is 12.2. The molecule has 0 unspecified atom stereocenters. The molecule has 0 aliphatic carbocycles. The van der Waals surface area contributed by atoms with Crippen molar-refractivity contribution in [3.63, 3.8) is 0 Å². The van der Waals surface area contributed by atoms with E-state index in [0.29, 0.717) is 31.7 Å². The Morgan fingerprint density at radius 2 is 2.00 bits per heavy atom. The van der Waals surface area contributed by atoms with Crippen molar-refractivity contribution < 1.29 is 27.8 Å². The third-order valence-electron chi connectivity index (χ3n) is 4.85. The molecule has 1 aromatic rings. The topological polar surface area (TPSA) is 131 Å². The van der Waals surface area contributed by atoms with Gasteiger partial charge in [-0.1, -0.05) is 20.8 Å². The summed E-state index contributed by atoms with van der Waals surface area (Å²) >= 11 is 0. The lowest BCUT2D eigenvalue weighted by molar-refractivity contribution is 0.0637. The molecule has 1 aliphatic rings. The van der Waals surface area contributed by atoms with Crippen LogP contribution in [-0.2, 0) is 19.5 Å². The van der Waals surface area contributed by atoms with Crippen LogP contribution in [0.1, 0.15) is 33.6 Å². The van der Waals surface area contributed by atoms with E-state index in [1.54, 1.807) is 6.92 Å². The number of aliphatic hydroxyl groups excluding tert-OH is 1. The van der Waals surface area contributed by atoms with Crippen molar-refractivity contribution in [2.75, 3.05) is 32.0 Å². The summed E-state index contributed by atoms with van der Waals surface area (Å²) in [6, 6.07) is 5.28. The summed E-state index contributed by atoms with van der Waals surface area (Å²) < 4.78 is 38.0. The molecule has 0 spiro atoms. The molecule has 9 nitrogen and oxygen atoms in total. The SMILES string of the molecule is CC[C@H](NC(=O)O[C@H]1CCOC1)[C@H](O)CN(CC(C)C)S(=O)(=O)c1ccc(N)cc1. The average molecular weight is 444 g/mol. The number of carbonyl (C=O) groups excluding carboxylic acids is 1. The predicted octanol–water partition coefficient (Wildman–Crippen LogP) is 1.57. The summed E-state index contributed by atoms with van der Waals surface area (Å²) in [6.45, 7) is 6.57.